The SMILES string of the molecule is O=C(c1csc(Br)c1)N(CC1CCCCC1)C1CC1. The number of carbonyl (C=O) groups excluding carboxylic acids is 1. The van der Waals surface area contributed by atoms with Gasteiger partial charge < -0.3 is 4.90 Å². The molecule has 3 rings (SSSR count). The Morgan fingerprint density at radius 1 is 1.26 bits per heavy atom. The largest absolute Gasteiger partial charge is 0.335 e. The van der Waals surface area contributed by atoms with E-state index >= 15 is 0 Å². The highest BCUT2D eigenvalue weighted by Gasteiger charge is 2.34. The molecule has 1 aromatic heterocycles. The van der Waals surface area contributed by atoms with Gasteiger partial charge in [-0.15, -0.1) is 11.3 Å². The molecule has 104 valence electrons. The van der Waals surface area contributed by atoms with Crippen molar-refractivity contribution in [3.05, 3.63) is 20.8 Å². The lowest BCUT2D eigenvalue weighted by molar-refractivity contribution is 0.0699. The van der Waals surface area contributed by atoms with Crippen molar-refractivity contribution in [2.45, 2.75) is 51.0 Å². The van der Waals surface area contributed by atoms with E-state index in [2.05, 4.69) is 20.8 Å². The first kappa shape index (κ1) is 13.6. The molecule has 2 aliphatic rings. The molecule has 0 saturated heterocycles. The molecule has 0 spiro atoms. The van der Waals surface area contributed by atoms with Gasteiger partial charge >= 0.3 is 0 Å². The standard InChI is InChI=1S/C15H20BrNOS/c16-14-8-12(10-19-14)15(18)17(13-6-7-13)9-11-4-2-1-3-5-11/h8,10-11,13H,1-7,9H2. The zero-order valence-electron chi connectivity index (χ0n) is 11.1. The van der Waals surface area contributed by atoms with Crippen molar-refractivity contribution in [3.8, 4) is 0 Å². The molecule has 0 aromatic carbocycles. The molecule has 19 heavy (non-hydrogen) atoms. The van der Waals surface area contributed by atoms with Gasteiger partial charge in [0.05, 0.1) is 9.35 Å². The third-order valence-electron chi connectivity index (χ3n) is 4.24. The molecule has 0 unspecified atom stereocenters. The van der Waals surface area contributed by atoms with Crippen LogP contribution in [0.5, 0.6) is 0 Å². The van der Waals surface area contributed by atoms with E-state index in [-0.39, 0.29) is 5.91 Å². The topological polar surface area (TPSA) is 20.3 Å². The van der Waals surface area contributed by atoms with Gasteiger partial charge in [-0.1, -0.05) is 19.3 Å². The summed E-state index contributed by atoms with van der Waals surface area (Å²) in [4.78, 5) is 14.8. The molecule has 2 saturated carbocycles. The molecule has 0 aliphatic heterocycles. The highest BCUT2D eigenvalue weighted by Crippen LogP contribution is 2.33. The van der Waals surface area contributed by atoms with Crippen molar-refractivity contribution < 1.29 is 4.79 Å². The Kier molecular flexibility index (Phi) is 4.27. The van der Waals surface area contributed by atoms with Crippen LogP contribution in [0, 0.1) is 5.92 Å². The van der Waals surface area contributed by atoms with E-state index in [0.29, 0.717) is 6.04 Å². The number of thiophene rings is 1. The van der Waals surface area contributed by atoms with Crippen LogP contribution in [0.2, 0.25) is 0 Å². The van der Waals surface area contributed by atoms with Crippen LogP contribution < -0.4 is 0 Å². The Morgan fingerprint density at radius 2 is 2.00 bits per heavy atom. The van der Waals surface area contributed by atoms with Gasteiger partial charge in [0.2, 0.25) is 0 Å². The summed E-state index contributed by atoms with van der Waals surface area (Å²) in [5, 5.41) is 1.97. The van der Waals surface area contributed by atoms with Crippen molar-refractivity contribution in [2.24, 2.45) is 5.92 Å². The molecule has 2 aliphatic carbocycles. The maximum atomic E-state index is 12.6. The van der Waals surface area contributed by atoms with Gasteiger partial charge in [-0.3, -0.25) is 4.79 Å². The molecule has 2 nitrogen and oxygen atoms in total. The van der Waals surface area contributed by atoms with Crippen LogP contribution in [0.3, 0.4) is 0 Å². The van der Waals surface area contributed by atoms with E-state index in [1.54, 1.807) is 11.3 Å². The van der Waals surface area contributed by atoms with Crippen molar-refractivity contribution in [1.82, 2.24) is 4.90 Å². The lowest BCUT2D eigenvalue weighted by Gasteiger charge is -2.29. The molecule has 0 atom stereocenters. The Hall–Kier alpha value is -0.350. The molecular formula is C15H20BrNOS. The number of amides is 1. The lowest BCUT2D eigenvalue weighted by atomic mass is 9.89. The Labute approximate surface area is 127 Å². The zero-order valence-corrected chi connectivity index (χ0v) is 13.5. The molecule has 1 amide bonds. The van der Waals surface area contributed by atoms with E-state index in [0.717, 1.165) is 21.8 Å². The predicted molar refractivity (Wildman–Crippen MR) is 82.7 cm³/mol. The molecule has 0 bridgehead atoms. The number of hydrogen-bond donors (Lipinski definition) is 0. The summed E-state index contributed by atoms with van der Waals surface area (Å²) in [6.45, 7) is 0.983. The molecule has 0 N–H and O–H groups in total. The monoisotopic (exact) mass is 341 g/mol. The number of hydrogen-bond acceptors (Lipinski definition) is 2. The summed E-state index contributed by atoms with van der Waals surface area (Å²) < 4.78 is 1.05. The number of rotatable bonds is 4. The first-order valence-electron chi connectivity index (χ1n) is 7.29. The van der Waals surface area contributed by atoms with Gasteiger partial charge in [0.25, 0.3) is 5.91 Å². The van der Waals surface area contributed by atoms with E-state index in [1.165, 1.54) is 44.9 Å². The highest BCUT2D eigenvalue weighted by atomic mass is 79.9. The second-order valence-electron chi connectivity index (χ2n) is 5.83. The van der Waals surface area contributed by atoms with Crippen LogP contribution in [0.1, 0.15) is 55.3 Å². The van der Waals surface area contributed by atoms with Crippen LogP contribution in [-0.2, 0) is 0 Å². The van der Waals surface area contributed by atoms with Gasteiger partial charge in [-0.25, -0.2) is 0 Å². The van der Waals surface area contributed by atoms with Gasteiger partial charge in [0.15, 0.2) is 0 Å². The summed E-state index contributed by atoms with van der Waals surface area (Å²) in [5.74, 6) is 0.982. The summed E-state index contributed by atoms with van der Waals surface area (Å²) in [5.41, 5.74) is 0.861. The number of halogens is 1. The number of nitrogens with zero attached hydrogens (tertiary/aromatic N) is 1. The Bertz CT molecular complexity index is 449. The fourth-order valence-electron chi connectivity index (χ4n) is 3.02. The predicted octanol–water partition coefficient (Wildman–Crippen LogP) is 4.70. The van der Waals surface area contributed by atoms with Crippen LogP contribution in [0.25, 0.3) is 0 Å². The van der Waals surface area contributed by atoms with Crippen LogP contribution in [0.15, 0.2) is 15.2 Å². The Morgan fingerprint density at radius 3 is 2.58 bits per heavy atom. The third kappa shape index (κ3) is 3.40. The average molecular weight is 342 g/mol. The van der Waals surface area contributed by atoms with Crippen LogP contribution in [0.4, 0.5) is 0 Å². The fraction of sp³-hybridized carbons (Fsp3) is 0.667. The average Bonchev–Trinajstić information content (AvgIpc) is 3.18. The minimum absolute atomic E-state index is 0.245. The fourth-order valence-corrected chi connectivity index (χ4v) is 4.15. The molecule has 1 aromatic rings. The molecular weight excluding hydrogens is 322 g/mol. The van der Waals surface area contributed by atoms with Gasteiger partial charge in [0.1, 0.15) is 0 Å². The summed E-state index contributed by atoms with van der Waals surface area (Å²) >= 11 is 5.05. The van der Waals surface area contributed by atoms with Crippen molar-refractivity contribution >= 4 is 33.2 Å². The normalized spacial score (nSPS) is 20.5. The molecule has 1 heterocycles. The Balaban J connectivity index is 1.68. The first-order chi connectivity index (χ1) is 9.24. The maximum absolute atomic E-state index is 12.6. The lowest BCUT2D eigenvalue weighted by Crippen LogP contribution is -2.37. The molecule has 0 radical (unpaired) electrons. The van der Waals surface area contributed by atoms with E-state index in [1.807, 2.05) is 11.4 Å². The highest BCUT2D eigenvalue weighted by molar-refractivity contribution is 9.11. The first-order valence-corrected chi connectivity index (χ1v) is 8.96. The molecule has 2 fully saturated rings. The number of carbonyl (C=O) groups is 1. The zero-order chi connectivity index (χ0) is 13.2. The van der Waals surface area contributed by atoms with Crippen molar-refractivity contribution in [3.63, 3.8) is 0 Å². The van der Waals surface area contributed by atoms with Crippen molar-refractivity contribution in [2.75, 3.05) is 6.54 Å². The smallest absolute Gasteiger partial charge is 0.254 e. The van der Waals surface area contributed by atoms with Crippen LogP contribution in [-0.4, -0.2) is 23.4 Å². The summed E-state index contributed by atoms with van der Waals surface area (Å²) in [6, 6.07) is 2.48. The maximum Gasteiger partial charge on any atom is 0.254 e. The van der Waals surface area contributed by atoms with Gasteiger partial charge in [-0.05, 0) is 53.6 Å². The van der Waals surface area contributed by atoms with Gasteiger partial charge in [0, 0.05) is 18.0 Å². The minimum Gasteiger partial charge on any atom is -0.335 e. The van der Waals surface area contributed by atoms with E-state index in [9.17, 15) is 4.79 Å². The minimum atomic E-state index is 0.245. The van der Waals surface area contributed by atoms with Crippen molar-refractivity contribution in [1.29, 1.82) is 0 Å². The van der Waals surface area contributed by atoms with E-state index in [4.69, 9.17) is 0 Å². The van der Waals surface area contributed by atoms with Gasteiger partial charge in [-0.2, -0.15) is 0 Å². The third-order valence-corrected chi connectivity index (χ3v) is 5.75. The van der Waals surface area contributed by atoms with E-state index < -0.39 is 0 Å². The molecule has 4 heteroatoms. The summed E-state index contributed by atoms with van der Waals surface area (Å²) in [7, 11) is 0. The second kappa shape index (κ2) is 5.96. The summed E-state index contributed by atoms with van der Waals surface area (Å²) in [6.07, 6.45) is 9.09. The second-order valence-corrected chi connectivity index (χ2v) is 8.12. The van der Waals surface area contributed by atoms with Crippen LogP contribution >= 0.6 is 27.3 Å². The quantitative estimate of drug-likeness (QED) is 0.777.